The molecule has 88 valence electrons. The molecule has 2 unspecified atom stereocenters. The summed E-state index contributed by atoms with van der Waals surface area (Å²) in [4.78, 5) is 0. The van der Waals surface area contributed by atoms with E-state index in [1.807, 2.05) is 0 Å². The molecule has 1 saturated carbocycles. The molecule has 0 aromatic heterocycles. The molecular weight excluding hydrogens is 214 g/mol. The summed E-state index contributed by atoms with van der Waals surface area (Å²) >= 11 is 0. The number of sulfonamides is 1. The van der Waals surface area contributed by atoms with Crippen LogP contribution in [0.1, 0.15) is 25.7 Å². The van der Waals surface area contributed by atoms with E-state index in [0.29, 0.717) is 0 Å². The Kier molecular flexibility index (Phi) is 4.76. The molecule has 1 rings (SSSR count). The van der Waals surface area contributed by atoms with Crippen molar-refractivity contribution in [3.63, 3.8) is 0 Å². The summed E-state index contributed by atoms with van der Waals surface area (Å²) in [7, 11) is -3.25. The van der Waals surface area contributed by atoms with Gasteiger partial charge in [0.25, 0.3) is 0 Å². The Balaban J connectivity index is 2.58. The lowest BCUT2D eigenvalue weighted by Crippen LogP contribution is -2.44. The van der Waals surface area contributed by atoms with E-state index in [4.69, 9.17) is 5.11 Å². The van der Waals surface area contributed by atoms with Crippen molar-refractivity contribution in [3.8, 4) is 0 Å². The summed E-state index contributed by atoms with van der Waals surface area (Å²) in [6.07, 6.45) is 5.20. The summed E-state index contributed by atoms with van der Waals surface area (Å²) in [6.45, 7) is 3.47. The zero-order valence-electron chi connectivity index (χ0n) is 8.85. The number of aliphatic hydroxyl groups is 1. The normalized spacial score (nSPS) is 27.5. The molecule has 4 nitrogen and oxygen atoms in total. The van der Waals surface area contributed by atoms with Gasteiger partial charge in [-0.05, 0) is 18.8 Å². The summed E-state index contributed by atoms with van der Waals surface area (Å²) in [5.74, 6) is 0.0140. The summed E-state index contributed by atoms with van der Waals surface area (Å²) in [5, 5.41) is 9.13. The Bertz CT molecular complexity index is 300. The molecule has 1 fully saturated rings. The fraction of sp³-hybridized carbons (Fsp3) is 0.800. The van der Waals surface area contributed by atoms with Crippen LogP contribution >= 0.6 is 0 Å². The van der Waals surface area contributed by atoms with Gasteiger partial charge in [-0.15, -0.1) is 6.58 Å². The number of hydrogen-bond acceptors (Lipinski definition) is 3. The minimum Gasteiger partial charge on any atom is -0.396 e. The maximum Gasteiger partial charge on any atom is 0.215 e. The Morgan fingerprint density at radius 1 is 1.40 bits per heavy atom. The Morgan fingerprint density at radius 2 is 2.07 bits per heavy atom. The second-order valence-corrected chi connectivity index (χ2v) is 5.82. The Labute approximate surface area is 91.4 Å². The van der Waals surface area contributed by atoms with Crippen molar-refractivity contribution < 1.29 is 13.5 Å². The van der Waals surface area contributed by atoms with Crippen LogP contribution in [0.4, 0.5) is 0 Å². The minimum atomic E-state index is -3.25. The molecule has 0 bridgehead atoms. The molecule has 0 radical (unpaired) electrons. The van der Waals surface area contributed by atoms with E-state index < -0.39 is 10.0 Å². The van der Waals surface area contributed by atoms with Crippen molar-refractivity contribution >= 4 is 10.0 Å². The lowest BCUT2D eigenvalue weighted by atomic mass is 9.86. The van der Waals surface area contributed by atoms with Crippen LogP contribution < -0.4 is 4.72 Å². The summed E-state index contributed by atoms with van der Waals surface area (Å²) in [6, 6.07) is -0.103. The third-order valence-corrected chi connectivity index (χ3v) is 4.15. The van der Waals surface area contributed by atoms with E-state index in [9.17, 15) is 8.42 Å². The lowest BCUT2D eigenvalue weighted by molar-refractivity contribution is 0.164. The molecule has 0 aromatic carbocycles. The SMILES string of the molecule is C=CCS(=O)(=O)NC1CCCCC1CO. The quantitative estimate of drug-likeness (QED) is 0.685. The molecule has 0 aromatic rings. The molecule has 15 heavy (non-hydrogen) atoms. The highest BCUT2D eigenvalue weighted by Crippen LogP contribution is 2.24. The monoisotopic (exact) mass is 233 g/mol. The van der Waals surface area contributed by atoms with Crippen LogP contribution in [-0.4, -0.2) is 31.9 Å². The molecule has 1 aliphatic rings. The third kappa shape index (κ3) is 3.93. The van der Waals surface area contributed by atoms with E-state index >= 15 is 0 Å². The van der Waals surface area contributed by atoms with Gasteiger partial charge < -0.3 is 5.11 Å². The van der Waals surface area contributed by atoms with Gasteiger partial charge in [0.05, 0.1) is 5.75 Å². The largest absolute Gasteiger partial charge is 0.396 e. The first kappa shape index (κ1) is 12.7. The molecular formula is C10H19NO3S. The predicted octanol–water partition coefficient (Wildman–Crippen LogP) is 0.643. The highest BCUT2D eigenvalue weighted by molar-refractivity contribution is 7.89. The third-order valence-electron chi connectivity index (χ3n) is 2.81. The van der Waals surface area contributed by atoms with Crippen LogP contribution in [0.2, 0.25) is 0 Å². The van der Waals surface area contributed by atoms with Crippen LogP contribution in [0, 0.1) is 5.92 Å². The van der Waals surface area contributed by atoms with Crippen LogP contribution in [-0.2, 0) is 10.0 Å². The molecule has 5 heteroatoms. The fourth-order valence-corrected chi connectivity index (χ4v) is 3.19. The van der Waals surface area contributed by atoms with E-state index in [1.165, 1.54) is 6.08 Å². The maximum absolute atomic E-state index is 11.5. The molecule has 1 aliphatic carbocycles. The second-order valence-electron chi connectivity index (χ2n) is 4.02. The van der Waals surface area contributed by atoms with Crippen molar-refractivity contribution in [3.05, 3.63) is 12.7 Å². The van der Waals surface area contributed by atoms with Crippen LogP contribution in [0.5, 0.6) is 0 Å². The number of aliphatic hydroxyl groups excluding tert-OH is 1. The molecule has 0 aliphatic heterocycles. The molecule has 2 atom stereocenters. The summed E-state index contributed by atoms with van der Waals surface area (Å²) < 4.78 is 25.6. The van der Waals surface area contributed by atoms with Gasteiger partial charge in [-0.25, -0.2) is 13.1 Å². The van der Waals surface area contributed by atoms with Gasteiger partial charge in [-0.3, -0.25) is 0 Å². The van der Waals surface area contributed by atoms with Gasteiger partial charge >= 0.3 is 0 Å². The average molecular weight is 233 g/mol. The van der Waals surface area contributed by atoms with Gasteiger partial charge in [0.1, 0.15) is 0 Å². The van der Waals surface area contributed by atoms with E-state index in [1.54, 1.807) is 0 Å². The summed E-state index contributed by atoms with van der Waals surface area (Å²) in [5.41, 5.74) is 0. The van der Waals surface area contributed by atoms with Crippen molar-refractivity contribution in [1.82, 2.24) is 4.72 Å². The Hall–Kier alpha value is -0.390. The Morgan fingerprint density at radius 3 is 2.67 bits per heavy atom. The first-order valence-corrected chi connectivity index (χ1v) is 6.96. The number of hydrogen-bond donors (Lipinski definition) is 2. The topological polar surface area (TPSA) is 66.4 Å². The number of rotatable bonds is 5. The molecule has 0 saturated heterocycles. The zero-order valence-corrected chi connectivity index (χ0v) is 9.67. The first-order chi connectivity index (χ1) is 7.09. The van der Waals surface area contributed by atoms with Crippen LogP contribution in [0.25, 0.3) is 0 Å². The van der Waals surface area contributed by atoms with Crippen LogP contribution in [0.3, 0.4) is 0 Å². The van der Waals surface area contributed by atoms with E-state index in [2.05, 4.69) is 11.3 Å². The van der Waals surface area contributed by atoms with Crippen molar-refractivity contribution in [2.75, 3.05) is 12.4 Å². The molecule has 0 amide bonds. The number of nitrogens with one attached hydrogen (secondary N) is 1. The second kappa shape index (κ2) is 5.63. The highest BCUT2D eigenvalue weighted by Gasteiger charge is 2.27. The van der Waals surface area contributed by atoms with E-state index in [0.717, 1.165) is 25.7 Å². The fourth-order valence-electron chi connectivity index (χ4n) is 2.02. The van der Waals surface area contributed by atoms with Gasteiger partial charge in [0, 0.05) is 12.6 Å². The minimum absolute atomic E-state index is 0.0539. The predicted molar refractivity (Wildman–Crippen MR) is 60.0 cm³/mol. The molecule has 0 heterocycles. The van der Waals surface area contributed by atoms with Gasteiger partial charge in [-0.1, -0.05) is 18.9 Å². The van der Waals surface area contributed by atoms with Crippen molar-refractivity contribution in [2.24, 2.45) is 5.92 Å². The average Bonchev–Trinajstić information content (AvgIpc) is 2.17. The van der Waals surface area contributed by atoms with Crippen molar-refractivity contribution in [1.29, 1.82) is 0 Å². The molecule has 0 spiro atoms. The van der Waals surface area contributed by atoms with Gasteiger partial charge in [-0.2, -0.15) is 0 Å². The van der Waals surface area contributed by atoms with Gasteiger partial charge in [0.15, 0.2) is 0 Å². The first-order valence-electron chi connectivity index (χ1n) is 5.31. The maximum atomic E-state index is 11.5. The molecule has 2 N–H and O–H groups in total. The van der Waals surface area contributed by atoms with Crippen molar-refractivity contribution in [2.45, 2.75) is 31.7 Å². The van der Waals surface area contributed by atoms with Gasteiger partial charge in [0.2, 0.25) is 10.0 Å². The lowest BCUT2D eigenvalue weighted by Gasteiger charge is -2.30. The standard InChI is InChI=1S/C10H19NO3S/c1-2-7-15(13,14)11-10-6-4-3-5-9(10)8-12/h2,9-12H,1,3-8H2. The highest BCUT2D eigenvalue weighted by atomic mass is 32.2. The van der Waals surface area contributed by atoms with E-state index in [-0.39, 0.29) is 24.3 Å². The van der Waals surface area contributed by atoms with Crippen LogP contribution in [0.15, 0.2) is 12.7 Å². The smallest absolute Gasteiger partial charge is 0.215 e. The zero-order chi connectivity index (χ0) is 11.3.